The van der Waals surface area contributed by atoms with Crippen molar-refractivity contribution in [3.8, 4) is 23.0 Å². The molecule has 0 saturated carbocycles. The molecule has 7 heteroatoms. The van der Waals surface area contributed by atoms with Crippen molar-refractivity contribution in [2.45, 2.75) is 12.8 Å². The molecule has 0 radical (unpaired) electrons. The van der Waals surface area contributed by atoms with Gasteiger partial charge in [0.25, 0.3) is 5.89 Å². The largest absolute Gasteiger partial charge is 0.385 e. The first kappa shape index (κ1) is 11.2. The summed E-state index contributed by atoms with van der Waals surface area (Å²) in [6.45, 7) is 1.03. The van der Waals surface area contributed by atoms with Gasteiger partial charge in [0.2, 0.25) is 5.82 Å². The number of aromatic amines is 1. The van der Waals surface area contributed by atoms with E-state index in [1.165, 1.54) is 11.3 Å². The number of H-pyrrole nitrogens is 1. The molecule has 0 unspecified atom stereocenters. The van der Waals surface area contributed by atoms with Gasteiger partial charge >= 0.3 is 0 Å². The zero-order valence-electron chi connectivity index (χ0n) is 10.6. The summed E-state index contributed by atoms with van der Waals surface area (Å²) in [5.74, 6) is 0.931. The van der Waals surface area contributed by atoms with Gasteiger partial charge in [0.15, 0.2) is 5.69 Å². The second-order valence-electron chi connectivity index (χ2n) is 4.68. The first-order valence-electron chi connectivity index (χ1n) is 6.47. The van der Waals surface area contributed by atoms with E-state index in [2.05, 4.69) is 43.0 Å². The zero-order chi connectivity index (χ0) is 13.4. The van der Waals surface area contributed by atoms with Crippen molar-refractivity contribution in [3.05, 3.63) is 30.0 Å². The molecule has 0 bridgehead atoms. The van der Waals surface area contributed by atoms with Crippen molar-refractivity contribution in [1.29, 1.82) is 0 Å². The van der Waals surface area contributed by atoms with Crippen LogP contribution in [-0.2, 0) is 6.42 Å². The molecule has 7 nitrogen and oxygen atoms in total. The van der Waals surface area contributed by atoms with E-state index in [0.29, 0.717) is 17.4 Å². The van der Waals surface area contributed by atoms with Crippen LogP contribution in [0.2, 0.25) is 0 Å². The molecule has 0 aliphatic carbocycles. The predicted octanol–water partition coefficient (Wildman–Crippen LogP) is 1.88. The van der Waals surface area contributed by atoms with Crippen molar-refractivity contribution in [2.24, 2.45) is 0 Å². The van der Waals surface area contributed by atoms with Gasteiger partial charge in [0.1, 0.15) is 0 Å². The van der Waals surface area contributed by atoms with Crippen LogP contribution >= 0.6 is 0 Å². The number of anilines is 1. The number of nitrogens with one attached hydrogen (secondary N) is 2. The van der Waals surface area contributed by atoms with E-state index in [4.69, 9.17) is 4.52 Å². The van der Waals surface area contributed by atoms with E-state index in [9.17, 15) is 0 Å². The predicted molar refractivity (Wildman–Crippen MR) is 71.9 cm³/mol. The molecule has 20 heavy (non-hydrogen) atoms. The Morgan fingerprint density at radius 1 is 1.25 bits per heavy atom. The minimum Gasteiger partial charge on any atom is -0.385 e. The maximum absolute atomic E-state index is 5.30. The van der Waals surface area contributed by atoms with E-state index in [-0.39, 0.29) is 0 Å². The number of hydrogen-bond acceptors (Lipinski definition) is 6. The van der Waals surface area contributed by atoms with Gasteiger partial charge in [-0.3, -0.25) is 0 Å². The first-order valence-corrected chi connectivity index (χ1v) is 6.47. The molecule has 1 aliphatic heterocycles. The lowest BCUT2D eigenvalue weighted by atomic mass is 10.0. The second-order valence-corrected chi connectivity index (χ2v) is 4.68. The molecule has 0 atom stereocenters. The minimum atomic E-state index is 0.435. The van der Waals surface area contributed by atoms with E-state index in [1.807, 2.05) is 6.07 Å². The molecule has 3 aromatic rings. The summed E-state index contributed by atoms with van der Waals surface area (Å²) < 4.78 is 5.30. The summed E-state index contributed by atoms with van der Waals surface area (Å²) in [6, 6.07) is 6.14. The van der Waals surface area contributed by atoms with E-state index in [0.717, 1.165) is 24.9 Å². The molecule has 1 aliphatic rings. The molecule has 4 rings (SSSR count). The van der Waals surface area contributed by atoms with Crippen LogP contribution in [0.3, 0.4) is 0 Å². The Kier molecular flexibility index (Phi) is 2.48. The van der Waals surface area contributed by atoms with Gasteiger partial charge in [-0.25, -0.2) is 0 Å². The fourth-order valence-electron chi connectivity index (χ4n) is 2.36. The van der Waals surface area contributed by atoms with Crippen molar-refractivity contribution >= 4 is 5.69 Å². The van der Waals surface area contributed by atoms with Crippen LogP contribution in [0.4, 0.5) is 5.69 Å². The smallest absolute Gasteiger partial charge is 0.258 e. The third-order valence-corrected chi connectivity index (χ3v) is 3.36. The fourth-order valence-corrected chi connectivity index (χ4v) is 2.36. The maximum Gasteiger partial charge on any atom is 0.258 e. The van der Waals surface area contributed by atoms with Gasteiger partial charge in [-0.15, -0.1) is 0 Å². The maximum atomic E-state index is 5.30. The number of hydrogen-bond donors (Lipinski definition) is 2. The molecular formula is C13H12N6O. The fraction of sp³-hybridized carbons (Fsp3) is 0.231. The summed E-state index contributed by atoms with van der Waals surface area (Å²) in [6.07, 6.45) is 3.77. The number of aromatic nitrogens is 5. The Balaban J connectivity index is 1.71. The standard InChI is InChI=1S/C13H12N6O/c1-2-8-6-9(3-4-10(8)14-5-1)13-16-12(18-20-13)11-7-15-19-17-11/h3-4,6-7,14H,1-2,5H2,(H,15,17,19). The van der Waals surface area contributed by atoms with Crippen molar-refractivity contribution in [2.75, 3.05) is 11.9 Å². The van der Waals surface area contributed by atoms with Gasteiger partial charge in [-0.1, -0.05) is 5.16 Å². The Morgan fingerprint density at radius 3 is 3.15 bits per heavy atom. The molecule has 100 valence electrons. The first-order chi connectivity index (χ1) is 9.90. The van der Waals surface area contributed by atoms with E-state index in [1.54, 1.807) is 6.20 Å². The van der Waals surface area contributed by atoms with Crippen LogP contribution in [0.5, 0.6) is 0 Å². The van der Waals surface area contributed by atoms with Crippen LogP contribution in [0.15, 0.2) is 28.9 Å². The lowest BCUT2D eigenvalue weighted by molar-refractivity contribution is 0.432. The molecular weight excluding hydrogens is 256 g/mol. The third-order valence-electron chi connectivity index (χ3n) is 3.36. The molecule has 1 aromatic carbocycles. The Labute approximate surface area is 114 Å². The van der Waals surface area contributed by atoms with Gasteiger partial charge in [-0.05, 0) is 36.6 Å². The number of nitrogens with zero attached hydrogens (tertiary/aromatic N) is 4. The molecule has 2 aromatic heterocycles. The monoisotopic (exact) mass is 268 g/mol. The second kappa shape index (κ2) is 4.44. The summed E-state index contributed by atoms with van der Waals surface area (Å²) in [5, 5.41) is 17.5. The van der Waals surface area contributed by atoms with Crippen molar-refractivity contribution in [3.63, 3.8) is 0 Å². The van der Waals surface area contributed by atoms with Crippen LogP contribution in [0.1, 0.15) is 12.0 Å². The molecule has 0 saturated heterocycles. The quantitative estimate of drug-likeness (QED) is 0.737. The summed E-state index contributed by atoms with van der Waals surface area (Å²) in [7, 11) is 0. The topological polar surface area (TPSA) is 92.5 Å². The van der Waals surface area contributed by atoms with E-state index >= 15 is 0 Å². The number of aryl methyl sites for hydroxylation is 1. The van der Waals surface area contributed by atoms with Gasteiger partial charge in [-0.2, -0.15) is 20.4 Å². The molecule has 2 N–H and O–H groups in total. The van der Waals surface area contributed by atoms with Crippen molar-refractivity contribution in [1.82, 2.24) is 25.6 Å². The van der Waals surface area contributed by atoms with E-state index < -0.39 is 0 Å². The van der Waals surface area contributed by atoms with Gasteiger partial charge < -0.3 is 9.84 Å². The lowest BCUT2D eigenvalue weighted by Crippen LogP contribution is -2.11. The average molecular weight is 268 g/mol. The van der Waals surface area contributed by atoms with Crippen LogP contribution in [0, 0.1) is 0 Å². The number of benzene rings is 1. The molecule has 0 spiro atoms. The number of fused-ring (bicyclic) bond motifs is 1. The lowest BCUT2D eigenvalue weighted by Gasteiger charge is -2.17. The van der Waals surface area contributed by atoms with Crippen LogP contribution in [0.25, 0.3) is 23.0 Å². The summed E-state index contributed by atoms with van der Waals surface area (Å²) in [5.41, 5.74) is 3.97. The molecule has 0 fully saturated rings. The highest BCUT2D eigenvalue weighted by atomic mass is 16.5. The Bertz CT molecular complexity index is 733. The molecule has 3 heterocycles. The van der Waals surface area contributed by atoms with Gasteiger partial charge in [0.05, 0.1) is 6.20 Å². The average Bonchev–Trinajstić information content (AvgIpc) is 3.17. The SMILES string of the molecule is c1cc2c(cc1-c1nc(-c3cn[nH]n3)no1)CCCN2. The zero-order valence-corrected chi connectivity index (χ0v) is 10.6. The summed E-state index contributed by atoms with van der Waals surface area (Å²) >= 11 is 0. The van der Waals surface area contributed by atoms with Crippen molar-refractivity contribution < 1.29 is 4.52 Å². The minimum absolute atomic E-state index is 0.435. The van der Waals surface area contributed by atoms with Crippen LogP contribution < -0.4 is 5.32 Å². The highest BCUT2D eigenvalue weighted by Gasteiger charge is 2.15. The Morgan fingerprint density at radius 2 is 2.25 bits per heavy atom. The highest BCUT2D eigenvalue weighted by molar-refractivity contribution is 5.64. The highest BCUT2D eigenvalue weighted by Crippen LogP contribution is 2.28. The Hall–Kier alpha value is -2.70. The summed E-state index contributed by atoms with van der Waals surface area (Å²) in [4.78, 5) is 4.35. The molecule has 0 amide bonds. The van der Waals surface area contributed by atoms with Crippen LogP contribution in [-0.4, -0.2) is 32.1 Å². The van der Waals surface area contributed by atoms with Gasteiger partial charge in [0, 0.05) is 17.8 Å². The number of rotatable bonds is 2. The normalized spacial score (nSPS) is 13.8. The third kappa shape index (κ3) is 1.83.